The van der Waals surface area contributed by atoms with Crippen molar-refractivity contribution in [2.24, 2.45) is 11.3 Å². The molecular formula is C10H16N2O. The van der Waals surface area contributed by atoms with E-state index in [9.17, 15) is 4.79 Å². The van der Waals surface area contributed by atoms with Gasteiger partial charge in [0, 0.05) is 13.0 Å². The molecule has 0 bridgehead atoms. The van der Waals surface area contributed by atoms with Gasteiger partial charge in [0.15, 0.2) is 0 Å². The Balaban J connectivity index is 2.56. The van der Waals surface area contributed by atoms with Crippen LogP contribution in [0.3, 0.4) is 0 Å². The first kappa shape index (κ1) is 10.0. The van der Waals surface area contributed by atoms with Gasteiger partial charge in [-0.05, 0) is 18.8 Å². The number of nitriles is 1. The fourth-order valence-corrected chi connectivity index (χ4v) is 1.41. The zero-order valence-electron chi connectivity index (χ0n) is 8.66. The van der Waals surface area contributed by atoms with Gasteiger partial charge in [0.1, 0.15) is 6.04 Å². The molecule has 0 aliphatic heterocycles. The molecule has 1 amide bonds. The number of amides is 1. The van der Waals surface area contributed by atoms with Crippen LogP contribution in [-0.4, -0.2) is 23.9 Å². The van der Waals surface area contributed by atoms with Crippen molar-refractivity contribution in [1.29, 1.82) is 5.26 Å². The maximum absolute atomic E-state index is 11.7. The lowest BCUT2D eigenvalue weighted by atomic mass is 10.1. The molecule has 0 heterocycles. The van der Waals surface area contributed by atoms with Crippen molar-refractivity contribution in [2.45, 2.75) is 33.2 Å². The van der Waals surface area contributed by atoms with Crippen LogP contribution >= 0.6 is 0 Å². The first-order valence-electron chi connectivity index (χ1n) is 4.56. The smallest absolute Gasteiger partial charge is 0.227 e. The molecule has 0 saturated heterocycles. The van der Waals surface area contributed by atoms with Crippen LogP contribution in [0, 0.1) is 22.7 Å². The average Bonchev–Trinajstić information content (AvgIpc) is 2.71. The van der Waals surface area contributed by atoms with Gasteiger partial charge in [-0.2, -0.15) is 5.26 Å². The maximum atomic E-state index is 11.7. The molecule has 1 rings (SSSR count). The lowest BCUT2D eigenvalue weighted by molar-refractivity contribution is -0.132. The molecule has 13 heavy (non-hydrogen) atoms. The minimum atomic E-state index is -0.316. The van der Waals surface area contributed by atoms with Gasteiger partial charge in [-0.3, -0.25) is 4.79 Å². The second-order valence-corrected chi connectivity index (χ2v) is 4.50. The summed E-state index contributed by atoms with van der Waals surface area (Å²) in [7, 11) is 1.70. The molecule has 0 radical (unpaired) electrons. The molecule has 0 aromatic rings. The molecule has 1 saturated carbocycles. The third kappa shape index (κ3) is 1.82. The summed E-state index contributed by atoms with van der Waals surface area (Å²) in [6.07, 6.45) is 0.953. The first-order valence-corrected chi connectivity index (χ1v) is 4.56. The summed E-state index contributed by atoms with van der Waals surface area (Å²) >= 11 is 0. The van der Waals surface area contributed by atoms with Crippen LogP contribution in [0.4, 0.5) is 0 Å². The van der Waals surface area contributed by atoms with Crippen molar-refractivity contribution in [3.8, 4) is 6.07 Å². The quantitative estimate of drug-likeness (QED) is 0.644. The van der Waals surface area contributed by atoms with Gasteiger partial charge in [0.2, 0.25) is 5.91 Å². The summed E-state index contributed by atoms with van der Waals surface area (Å²) in [6.45, 7) is 5.91. The fourth-order valence-electron chi connectivity index (χ4n) is 1.41. The number of hydrogen-bond acceptors (Lipinski definition) is 2. The highest BCUT2D eigenvalue weighted by atomic mass is 16.2. The summed E-state index contributed by atoms with van der Waals surface area (Å²) in [4.78, 5) is 13.2. The highest BCUT2D eigenvalue weighted by Crippen LogP contribution is 2.52. The van der Waals surface area contributed by atoms with Gasteiger partial charge in [-0.1, -0.05) is 13.8 Å². The van der Waals surface area contributed by atoms with Crippen LogP contribution in [0.25, 0.3) is 0 Å². The van der Waals surface area contributed by atoms with Gasteiger partial charge < -0.3 is 4.90 Å². The van der Waals surface area contributed by atoms with Gasteiger partial charge in [0.25, 0.3) is 0 Å². The minimum Gasteiger partial charge on any atom is -0.330 e. The van der Waals surface area contributed by atoms with E-state index in [1.54, 1.807) is 18.9 Å². The Morgan fingerprint density at radius 1 is 1.69 bits per heavy atom. The predicted octanol–water partition coefficient (Wildman–Crippen LogP) is 1.40. The van der Waals surface area contributed by atoms with Crippen LogP contribution < -0.4 is 0 Å². The summed E-state index contributed by atoms with van der Waals surface area (Å²) in [6, 6.07) is 1.74. The molecule has 3 heteroatoms. The van der Waals surface area contributed by atoms with Crippen LogP contribution in [-0.2, 0) is 4.79 Å². The van der Waals surface area contributed by atoms with E-state index in [0.29, 0.717) is 0 Å². The van der Waals surface area contributed by atoms with Crippen LogP contribution in [0.1, 0.15) is 27.2 Å². The van der Waals surface area contributed by atoms with Gasteiger partial charge >= 0.3 is 0 Å². The number of carbonyl (C=O) groups is 1. The first-order chi connectivity index (χ1) is 5.90. The molecule has 0 N–H and O–H groups in total. The lowest BCUT2D eigenvalue weighted by Crippen LogP contribution is -2.36. The summed E-state index contributed by atoms with van der Waals surface area (Å²) in [5.74, 6) is 0.243. The molecule has 2 unspecified atom stereocenters. The van der Waals surface area contributed by atoms with Crippen molar-refractivity contribution < 1.29 is 4.79 Å². The Labute approximate surface area is 79.3 Å². The van der Waals surface area contributed by atoms with E-state index in [-0.39, 0.29) is 23.3 Å². The average molecular weight is 180 g/mol. The van der Waals surface area contributed by atoms with E-state index < -0.39 is 0 Å². The number of rotatable bonds is 2. The molecule has 72 valence electrons. The van der Waals surface area contributed by atoms with E-state index >= 15 is 0 Å². The number of hydrogen-bond donors (Lipinski definition) is 0. The monoisotopic (exact) mass is 180 g/mol. The lowest BCUT2D eigenvalue weighted by Gasteiger charge is -2.20. The SMILES string of the molecule is CC(C#N)N(C)C(=O)C1CC1(C)C. The molecule has 0 aromatic heterocycles. The Kier molecular flexibility index (Phi) is 2.34. The van der Waals surface area contributed by atoms with Crippen LogP contribution in [0.5, 0.6) is 0 Å². The van der Waals surface area contributed by atoms with Crippen molar-refractivity contribution in [1.82, 2.24) is 4.90 Å². The van der Waals surface area contributed by atoms with E-state index in [2.05, 4.69) is 19.9 Å². The van der Waals surface area contributed by atoms with Crippen molar-refractivity contribution in [3.63, 3.8) is 0 Å². The Morgan fingerprint density at radius 3 is 2.46 bits per heavy atom. The van der Waals surface area contributed by atoms with Gasteiger partial charge in [-0.15, -0.1) is 0 Å². The fraction of sp³-hybridized carbons (Fsp3) is 0.800. The second-order valence-electron chi connectivity index (χ2n) is 4.50. The molecule has 0 aromatic carbocycles. The van der Waals surface area contributed by atoms with Crippen molar-refractivity contribution in [3.05, 3.63) is 0 Å². The topological polar surface area (TPSA) is 44.1 Å². The van der Waals surface area contributed by atoms with E-state index in [1.807, 2.05) is 0 Å². The molecular weight excluding hydrogens is 164 g/mol. The maximum Gasteiger partial charge on any atom is 0.227 e. The summed E-state index contributed by atoms with van der Waals surface area (Å²) < 4.78 is 0. The van der Waals surface area contributed by atoms with Gasteiger partial charge in [-0.25, -0.2) is 0 Å². The van der Waals surface area contributed by atoms with E-state index in [0.717, 1.165) is 6.42 Å². The third-order valence-corrected chi connectivity index (χ3v) is 2.93. The minimum absolute atomic E-state index is 0.110. The highest BCUT2D eigenvalue weighted by Gasteiger charge is 2.51. The van der Waals surface area contributed by atoms with E-state index in [4.69, 9.17) is 5.26 Å². The molecule has 3 nitrogen and oxygen atoms in total. The van der Waals surface area contributed by atoms with Crippen LogP contribution in [0.2, 0.25) is 0 Å². The molecule has 1 aliphatic carbocycles. The van der Waals surface area contributed by atoms with Gasteiger partial charge in [0.05, 0.1) is 6.07 Å². The molecule has 0 spiro atoms. The molecule has 1 aliphatic rings. The van der Waals surface area contributed by atoms with Crippen molar-refractivity contribution in [2.75, 3.05) is 7.05 Å². The standard InChI is InChI=1S/C10H16N2O/c1-7(6-11)12(4)9(13)8-5-10(8,2)3/h7-8H,5H2,1-4H3. The largest absolute Gasteiger partial charge is 0.330 e. The Morgan fingerprint density at radius 2 is 2.15 bits per heavy atom. The normalized spacial score (nSPS) is 25.9. The summed E-state index contributed by atoms with van der Waals surface area (Å²) in [5.41, 5.74) is 0.153. The second kappa shape index (κ2) is 3.02. The number of carbonyl (C=O) groups excluding carboxylic acids is 1. The molecule has 1 fully saturated rings. The Bertz CT molecular complexity index is 265. The zero-order chi connectivity index (χ0) is 10.2. The van der Waals surface area contributed by atoms with Crippen LogP contribution in [0.15, 0.2) is 0 Å². The number of nitrogens with zero attached hydrogens (tertiary/aromatic N) is 2. The third-order valence-electron chi connectivity index (χ3n) is 2.93. The zero-order valence-corrected chi connectivity index (χ0v) is 8.66. The summed E-state index contributed by atoms with van der Waals surface area (Å²) in [5, 5.41) is 8.64. The van der Waals surface area contributed by atoms with E-state index in [1.165, 1.54) is 0 Å². The molecule has 2 atom stereocenters. The Hall–Kier alpha value is -1.04. The predicted molar refractivity (Wildman–Crippen MR) is 49.7 cm³/mol. The highest BCUT2D eigenvalue weighted by molar-refractivity contribution is 5.82. The van der Waals surface area contributed by atoms with Crippen molar-refractivity contribution >= 4 is 5.91 Å².